The van der Waals surface area contributed by atoms with Gasteiger partial charge >= 0.3 is 0 Å². The lowest BCUT2D eigenvalue weighted by Crippen LogP contribution is -2.24. The summed E-state index contributed by atoms with van der Waals surface area (Å²) < 4.78 is 25.9. The Balaban J connectivity index is 2.62. The van der Waals surface area contributed by atoms with Crippen LogP contribution in [0.4, 0.5) is 0 Å². The van der Waals surface area contributed by atoms with Gasteiger partial charge in [-0.2, -0.15) is 8.42 Å². The van der Waals surface area contributed by atoms with E-state index >= 15 is 0 Å². The molecule has 1 atom stereocenters. The third kappa shape index (κ3) is 1.95. The predicted octanol–water partition coefficient (Wildman–Crippen LogP) is 0.515. The van der Waals surface area contributed by atoms with Crippen LogP contribution < -0.4 is 0 Å². The molecule has 1 aliphatic heterocycles. The van der Waals surface area contributed by atoms with Crippen LogP contribution in [0.15, 0.2) is 0 Å². The van der Waals surface area contributed by atoms with Gasteiger partial charge < -0.3 is 0 Å². The minimum Gasteiger partial charge on any atom is -0.267 e. The highest BCUT2D eigenvalue weighted by atomic mass is 32.2. The molecular formula is C5H10O3S. The molecular weight excluding hydrogens is 140 g/mol. The first-order valence-corrected chi connectivity index (χ1v) is 4.59. The van der Waals surface area contributed by atoms with Crippen molar-refractivity contribution in [3.8, 4) is 0 Å². The van der Waals surface area contributed by atoms with Crippen LogP contribution in [-0.2, 0) is 14.3 Å². The molecule has 0 unspecified atom stereocenters. The lowest BCUT2D eigenvalue weighted by atomic mass is 10.2. The van der Waals surface area contributed by atoms with Crippen molar-refractivity contribution in [2.45, 2.75) is 25.9 Å². The Kier molecular flexibility index (Phi) is 1.77. The van der Waals surface area contributed by atoms with Crippen molar-refractivity contribution in [3.05, 3.63) is 0 Å². The Hall–Kier alpha value is -0.0900. The van der Waals surface area contributed by atoms with E-state index in [4.69, 9.17) is 0 Å². The fourth-order valence-corrected chi connectivity index (χ4v) is 2.11. The number of hydrogen-bond acceptors (Lipinski definition) is 3. The molecule has 3 nitrogen and oxygen atoms in total. The molecule has 0 aromatic carbocycles. The fourth-order valence-electron chi connectivity index (χ4n) is 0.894. The summed E-state index contributed by atoms with van der Waals surface area (Å²) in [6.45, 7) is 1.77. The molecule has 0 spiro atoms. The molecule has 1 saturated heterocycles. The average Bonchev–Trinajstić information content (AvgIpc) is 1.60. The van der Waals surface area contributed by atoms with Crippen molar-refractivity contribution in [3.63, 3.8) is 0 Å². The molecule has 1 rings (SSSR count). The largest absolute Gasteiger partial charge is 0.267 e. The van der Waals surface area contributed by atoms with Gasteiger partial charge in [-0.1, -0.05) is 0 Å². The number of rotatable bonds is 0. The zero-order valence-electron chi connectivity index (χ0n) is 5.33. The molecule has 0 bridgehead atoms. The van der Waals surface area contributed by atoms with Crippen molar-refractivity contribution >= 4 is 10.1 Å². The minimum absolute atomic E-state index is 0.108. The SMILES string of the molecule is C[C@H]1CCCS(=O)(=O)O1. The molecule has 0 aromatic rings. The Bertz CT molecular complexity index is 182. The minimum atomic E-state index is -3.13. The lowest BCUT2D eigenvalue weighted by Gasteiger charge is -2.17. The van der Waals surface area contributed by atoms with Crippen LogP contribution in [0.1, 0.15) is 19.8 Å². The monoisotopic (exact) mass is 150 g/mol. The van der Waals surface area contributed by atoms with Crippen molar-refractivity contribution in [2.24, 2.45) is 0 Å². The third-order valence-corrected chi connectivity index (χ3v) is 2.73. The van der Waals surface area contributed by atoms with Crippen LogP contribution in [0.2, 0.25) is 0 Å². The zero-order valence-corrected chi connectivity index (χ0v) is 6.15. The van der Waals surface area contributed by atoms with E-state index in [9.17, 15) is 8.42 Å². The second-order valence-corrected chi connectivity index (χ2v) is 4.03. The van der Waals surface area contributed by atoms with Gasteiger partial charge in [-0.05, 0) is 19.8 Å². The van der Waals surface area contributed by atoms with Gasteiger partial charge in [-0.3, -0.25) is 4.18 Å². The molecule has 1 fully saturated rings. The van der Waals surface area contributed by atoms with Gasteiger partial charge in [-0.25, -0.2) is 0 Å². The molecule has 4 heteroatoms. The van der Waals surface area contributed by atoms with Crippen LogP contribution in [0, 0.1) is 0 Å². The van der Waals surface area contributed by atoms with Crippen LogP contribution in [0.3, 0.4) is 0 Å². The molecule has 0 N–H and O–H groups in total. The first-order chi connectivity index (χ1) is 4.10. The van der Waals surface area contributed by atoms with Gasteiger partial charge in [0.05, 0.1) is 11.9 Å². The highest BCUT2D eigenvalue weighted by Gasteiger charge is 2.21. The van der Waals surface area contributed by atoms with Gasteiger partial charge in [0.25, 0.3) is 10.1 Å². The summed E-state index contributed by atoms with van der Waals surface area (Å²) >= 11 is 0. The second kappa shape index (κ2) is 2.27. The van der Waals surface area contributed by atoms with Crippen LogP contribution >= 0.6 is 0 Å². The smallest absolute Gasteiger partial charge is 0.267 e. The average molecular weight is 150 g/mol. The molecule has 0 amide bonds. The van der Waals surface area contributed by atoms with Gasteiger partial charge in [0.15, 0.2) is 0 Å². The molecule has 54 valence electrons. The first-order valence-electron chi connectivity index (χ1n) is 3.01. The maximum absolute atomic E-state index is 10.6. The van der Waals surface area contributed by atoms with Crippen molar-refractivity contribution in [2.75, 3.05) is 5.75 Å². The Labute approximate surface area is 55.1 Å². The fraction of sp³-hybridized carbons (Fsp3) is 1.00. The predicted molar refractivity (Wildman–Crippen MR) is 33.6 cm³/mol. The molecule has 9 heavy (non-hydrogen) atoms. The van der Waals surface area contributed by atoms with E-state index in [1.807, 2.05) is 0 Å². The van der Waals surface area contributed by atoms with Gasteiger partial charge in [0.2, 0.25) is 0 Å². The Morgan fingerprint density at radius 3 is 2.56 bits per heavy atom. The standard InChI is InChI=1S/C5H10O3S/c1-5-3-2-4-9(6,7)8-5/h5H,2-4H2,1H3/t5-/m0/s1. The van der Waals surface area contributed by atoms with Crippen molar-refractivity contribution < 1.29 is 12.6 Å². The highest BCUT2D eigenvalue weighted by Crippen LogP contribution is 2.14. The topological polar surface area (TPSA) is 43.4 Å². The Morgan fingerprint density at radius 1 is 1.56 bits per heavy atom. The zero-order chi connectivity index (χ0) is 6.91. The molecule has 1 aliphatic rings. The second-order valence-electron chi connectivity index (χ2n) is 2.31. The summed E-state index contributed by atoms with van der Waals surface area (Å²) in [7, 11) is -3.13. The number of hydrogen-bond donors (Lipinski definition) is 0. The third-order valence-electron chi connectivity index (χ3n) is 1.32. The molecule has 0 radical (unpaired) electrons. The van der Waals surface area contributed by atoms with E-state index in [0.29, 0.717) is 0 Å². The van der Waals surface area contributed by atoms with Gasteiger partial charge in [0, 0.05) is 0 Å². The molecule has 0 aromatic heterocycles. The summed E-state index contributed by atoms with van der Waals surface area (Å²) in [6, 6.07) is 0. The highest BCUT2D eigenvalue weighted by molar-refractivity contribution is 7.86. The van der Waals surface area contributed by atoms with Crippen molar-refractivity contribution in [1.29, 1.82) is 0 Å². The van der Waals surface area contributed by atoms with Gasteiger partial charge in [0.1, 0.15) is 0 Å². The van der Waals surface area contributed by atoms with Crippen LogP contribution in [0.5, 0.6) is 0 Å². The first kappa shape index (κ1) is 7.02. The summed E-state index contributed by atoms with van der Waals surface area (Å²) in [5.41, 5.74) is 0. The van der Waals surface area contributed by atoms with E-state index in [1.165, 1.54) is 0 Å². The van der Waals surface area contributed by atoms with Crippen LogP contribution in [-0.4, -0.2) is 20.3 Å². The van der Waals surface area contributed by atoms with E-state index in [-0.39, 0.29) is 11.9 Å². The van der Waals surface area contributed by atoms with E-state index in [1.54, 1.807) is 6.92 Å². The molecule has 0 aliphatic carbocycles. The summed E-state index contributed by atoms with van der Waals surface area (Å²) in [5, 5.41) is 0. The summed E-state index contributed by atoms with van der Waals surface area (Å²) in [6.07, 6.45) is 1.49. The normalized spacial score (nSPS) is 34.1. The molecule has 1 heterocycles. The van der Waals surface area contributed by atoms with E-state index in [0.717, 1.165) is 12.8 Å². The van der Waals surface area contributed by atoms with Crippen molar-refractivity contribution in [1.82, 2.24) is 0 Å². The van der Waals surface area contributed by atoms with E-state index < -0.39 is 10.1 Å². The maximum Gasteiger partial charge on any atom is 0.267 e. The quantitative estimate of drug-likeness (QED) is 0.473. The summed E-state index contributed by atoms with van der Waals surface area (Å²) in [5.74, 6) is 0.192. The van der Waals surface area contributed by atoms with E-state index in [2.05, 4.69) is 4.18 Å². The van der Waals surface area contributed by atoms with Crippen LogP contribution in [0.25, 0.3) is 0 Å². The lowest BCUT2D eigenvalue weighted by molar-refractivity contribution is 0.201. The molecule has 0 saturated carbocycles. The Morgan fingerprint density at radius 2 is 2.22 bits per heavy atom. The summed E-state index contributed by atoms with van der Waals surface area (Å²) in [4.78, 5) is 0. The maximum atomic E-state index is 10.6. The van der Waals surface area contributed by atoms with Gasteiger partial charge in [-0.15, -0.1) is 0 Å².